The molecule has 118 valence electrons. The van der Waals surface area contributed by atoms with Crippen LogP contribution in [-0.2, 0) is 6.54 Å². The molecule has 0 saturated carbocycles. The van der Waals surface area contributed by atoms with Crippen molar-refractivity contribution < 1.29 is 9.21 Å². The molecule has 0 fully saturated rings. The molecule has 1 amide bonds. The predicted molar refractivity (Wildman–Crippen MR) is 89.2 cm³/mol. The van der Waals surface area contributed by atoms with Crippen LogP contribution in [0.25, 0.3) is 22.5 Å². The van der Waals surface area contributed by atoms with E-state index in [0.717, 1.165) is 16.6 Å². The first-order chi connectivity index (χ1) is 11.8. The first-order valence-corrected chi connectivity index (χ1v) is 7.53. The fourth-order valence-corrected chi connectivity index (χ4v) is 2.47. The molecule has 24 heavy (non-hydrogen) atoms. The van der Waals surface area contributed by atoms with Gasteiger partial charge < -0.3 is 14.7 Å². The molecule has 2 aromatic heterocycles. The number of hydrogen-bond acceptors (Lipinski definition) is 4. The van der Waals surface area contributed by atoms with Crippen LogP contribution < -0.4 is 5.32 Å². The van der Waals surface area contributed by atoms with Crippen molar-refractivity contribution in [3.05, 3.63) is 72.1 Å². The number of rotatable bonds is 4. The third kappa shape index (κ3) is 2.77. The number of benzene rings is 2. The summed E-state index contributed by atoms with van der Waals surface area (Å²) in [5.74, 6) is 0.573. The number of para-hydroxylation sites is 1. The van der Waals surface area contributed by atoms with E-state index in [4.69, 9.17) is 4.42 Å². The zero-order chi connectivity index (χ0) is 16.4. The fourth-order valence-electron chi connectivity index (χ4n) is 2.47. The minimum atomic E-state index is -0.180. The van der Waals surface area contributed by atoms with Crippen LogP contribution in [0, 0.1) is 0 Å². The molecule has 0 aliphatic carbocycles. The highest BCUT2D eigenvalue weighted by molar-refractivity contribution is 5.94. The van der Waals surface area contributed by atoms with Crippen LogP contribution in [0.15, 0.2) is 65.1 Å². The van der Waals surface area contributed by atoms with Gasteiger partial charge in [0.15, 0.2) is 0 Å². The number of carbonyl (C=O) groups is 1. The third-order valence-electron chi connectivity index (χ3n) is 3.66. The quantitative estimate of drug-likeness (QED) is 0.605. The average molecular weight is 318 g/mol. The molecule has 6 heteroatoms. The maximum absolute atomic E-state index is 12.0. The van der Waals surface area contributed by atoms with E-state index in [2.05, 4.69) is 20.5 Å². The summed E-state index contributed by atoms with van der Waals surface area (Å²) in [6, 6.07) is 18.9. The van der Waals surface area contributed by atoms with Crippen LogP contribution >= 0.6 is 0 Å². The molecule has 0 radical (unpaired) electrons. The minimum absolute atomic E-state index is 0.180. The van der Waals surface area contributed by atoms with Crippen LogP contribution in [0.3, 0.4) is 0 Å². The number of H-pyrrole nitrogens is 1. The first-order valence-electron chi connectivity index (χ1n) is 7.53. The van der Waals surface area contributed by atoms with Gasteiger partial charge in [0.1, 0.15) is 5.69 Å². The van der Waals surface area contributed by atoms with Crippen LogP contribution in [0.4, 0.5) is 0 Å². The van der Waals surface area contributed by atoms with E-state index in [-0.39, 0.29) is 12.5 Å². The van der Waals surface area contributed by atoms with E-state index in [9.17, 15) is 4.79 Å². The first kappa shape index (κ1) is 14.2. The van der Waals surface area contributed by atoms with Crippen molar-refractivity contribution in [1.82, 2.24) is 20.5 Å². The molecule has 0 unspecified atom stereocenters. The van der Waals surface area contributed by atoms with Crippen molar-refractivity contribution in [3.63, 3.8) is 0 Å². The topological polar surface area (TPSA) is 83.8 Å². The maximum atomic E-state index is 12.0. The van der Waals surface area contributed by atoms with Gasteiger partial charge in [0.25, 0.3) is 11.8 Å². The van der Waals surface area contributed by atoms with E-state index in [1.54, 1.807) is 12.1 Å². The Morgan fingerprint density at radius 1 is 1.04 bits per heavy atom. The van der Waals surface area contributed by atoms with E-state index >= 15 is 0 Å². The maximum Gasteiger partial charge on any atom is 0.264 e. The number of hydrogen-bond donors (Lipinski definition) is 2. The largest absolute Gasteiger partial charge is 0.417 e. The van der Waals surface area contributed by atoms with Gasteiger partial charge in [-0.3, -0.25) is 4.79 Å². The summed E-state index contributed by atoms with van der Waals surface area (Å²) < 4.78 is 5.62. The van der Waals surface area contributed by atoms with E-state index in [0.29, 0.717) is 17.3 Å². The van der Waals surface area contributed by atoms with Crippen LogP contribution in [0.5, 0.6) is 0 Å². The third-order valence-corrected chi connectivity index (χ3v) is 3.66. The molecule has 2 N–H and O–H groups in total. The van der Waals surface area contributed by atoms with Crippen molar-refractivity contribution in [1.29, 1.82) is 0 Å². The lowest BCUT2D eigenvalue weighted by Gasteiger charge is -2.01. The van der Waals surface area contributed by atoms with Gasteiger partial charge in [0, 0.05) is 16.5 Å². The van der Waals surface area contributed by atoms with Crippen molar-refractivity contribution >= 4 is 16.8 Å². The number of amides is 1. The highest BCUT2D eigenvalue weighted by Crippen LogP contribution is 2.22. The molecule has 0 bridgehead atoms. The molecule has 0 atom stereocenters. The zero-order valence-electron chi connectivity index (χ0n) is 12.7. The Kier molecular flexibility index (Phi) is 3.55. The lowest BCUT2D eigenvalue weighted by Crippen LogP contribution is -2.22. The van der Waals surface area contributed by atoms with Crippen LogP contribution in [0.1, 0.15) is 16.2 Å². The number of nitrogens with zero attached hydrogens (tertiary/aromatic N) is 2. The summed E-state index contributed by atoms with van der Waals surface area (Å²) in [6.45, 7) is 0.182. The summed E-state index contributed by atoms with van der Waals surface area (Å²) in [5.41, 5.74) is 2.35. The summed E-state index contributed by atoms with van der Waals surface area (Å²) in [4.78, 5) is 15.2. The van der Waals surface area contributed by atoms with Gasteiger partial charge in [-0.15, -0.1) is 10.2 Å². The second-order valence-electron chi connectivity index (χ2n) is 5.32. The Morgan fingerprint density at radius 3 is 2.67 bits per heavy atom. The molecule has 0 aliphatic heterocycles. The van der Waals surface area contributed by atoms with Gasteiger partial charge in [0.2, 0.25) is 5.89 Å². The Hall–Kier alpha value is -3.41. The van der Waals surface area contributed by atoms with Crippen molar-refractivity contribution in [2.24, 2.45) is 0 Å². The van der Waals surface area contributed by atoms with Gasteiger partial charge in [0.05, 0.1) is 6.54 Å². The second kappa shape index (κ2) is 6.00. The second-order valence-corrected chi connectivity index (χ2v) is 5.32. The molecule has 0 aliphatic rings. The SMILES string of the molecule is O=C(NCc1nnc(-c2cc3ccccc3[nH]2)o1)c1ccccc1. The smallest absolute Gasteiger partial charge is 0.264 e. The summed E-state index contributed by atoms with van der Waals surface area (Å²) in [6.07, 6.45) is 0. The summed E-state index contributed by atoms with van der Waals surface area (Å²) >= 11 is 0. The molecule has 2 aromatic carbocycles. The highest BCUT2D eigenvalue weighted by atomic mass is 16.4. The van der Waals surface area contributed by atoms with Gasteiger partial charge in [-0.25, -0.2) is 0 Å². The molecule has 4 rings (SSSR count). The van der Waals surface area contributed by atoms with Crippen molar-refractivity contribution in [3.8, 4) is 11.6 Å². The molecular formula is C18H14N4O2. The Labute approximate surface area is 137 Å². The summed E-state index contributed by atoms with van der Waals surface area (Å²) in [7, 11) is 0. The molecule has 4 aromatic rings. The number of carbonyl (C=O) groups excluding carboxylic acids is 1. The molecule has 0 saturated heterocycles. The van der Waals surface area contributed by atoms with E-state index in [1.165, 1.54) is 0 Å². The fraction of sp³-hybridized carbons (Fsp3) is 0.0556. The predicted octanol–water partition coefficient (Wildman–Crippen LogP) is 3.15. The monoisotopic (exact) mass is 318 g/mol. The number of nitrogens with one attached hydrogen (secondary N) is 2. The van der Waals surface area contributed by atoms with E-state index in [1.807, 2.05) is 48.5 Å². The standard InChI is InChI=1S/C18H14N4O2/c23-17(12-6-2-1-3-7-12)19-11-16-21-22-18(24-16)15-10-13-8-4-5-9-14(13)20-15/h1-10,20H,11H2,(H,19,23). The number of aromatic amines is 1. The molecule has 2 heterocycles. The van der Waals surface area contributed by atoms with Gasteiger partial charge >= 0.3 is 0 Å². The Bertz CT molecular complexity index is 955. The average Bonchev–Trinajstić information content (AvgIpc) is 3.27. The molecule has 0 spiro atoms. The van der Waals surface area contributed by atoms with Crippen molar-refractivity contribution in [2.45, 2.75) is 6.54 Å². The molecule has 6 nitrogen and oxygen atoms in total. The lowest BCUT2D eigenvalue weighted by atomic mass is 10.2. The zero-order valence-corrected chi connectivity index (χ0v) is 12.7. The molecular weight excluding hydrogens is 304 g/mol. The summed E-state index contributed by atoms with van der Waals surface area (Å²) in [5, 5.41) is 11.8. The lowest BCUT2D eigenvalue weighted by molar-refractivity contribution is 0.0947. The Morgan fingerprint density at radius 2 is 1.83 bits per heavy atom. The van der Waals surface area contributed by atoms with Crippen molar-refractivity contribution in [2.75, 3.05) is 0 Å². The minimum Gasteiger partial charge on any atom is -0.417 e. The number of fused-ring (bicyclic) bond motifs is 1. The van der Waals surface area contributed by atoms with Crippen LogP contribution in [-0.4, -0.2) is 21.1 Å². The normalized spacial score (nSPS) is 10.8. The van der Waals surface area contributed by atoms with Gasteiger partial charge in [-0.2, -0.15) is 0 Å². The van der Waals surface area contributed by atoms with Gasteiger partial charge in [-0.05, 0) is 24.3 Å². The highest BCUT2D eigenvalue weighted by Gasteiger charge is 2.12. The Balaban J connectivity index is 1.48. The van der Waals surface area contributed by atoms with E-state index < -0.39 is 0 Å². The van der Waals surface area contributed by atoms with Crippen LogP contribution in [0.2, 0.25) is 0 Å². The number of aromatic nitrogens is 3. The van der Waals surface area contributed by atoms with Gasteiger partial charge in [-0.1, -0.05) is 36.4 Å².